The molecule has 2 aromatic carbocycles. The number of hydrogen-bond donors (Lipinski definition) is 0. The smallest absolute Gasteiger partial charge is 0.127 e. The molecular formula is C19H21FO3. The van der Waals surface area contributed by atoms with Gasteiger partial charge in [-0.2, -0.15) is 0 Å². The Balaban J connectivity index is 1.83. The Morgan fingerprint density at radius 2 is 1.96 bits per heavy atom. The van der Waals surface area contributed by atoms with Crippen LogP contribution in [0.15, 0.2) is 48.5 Å². The van der Waals surface area contributed by atoms with Crippen LogP contribution in [0.2, 0.25) is 0 Å². The summed E-state index contributed by atoms with van der Waals surface area (Å²) in [7, 11) is 1.52. The van der Waals surface area contributed by atoms with Crippen molar-refractivity contribution >= 4 is 6.29 Å². The van der Waals surface area contributed by atoms with Crippen molar-refractivity contribution in [2.24, 2.45) is 0 Å². The molecule has 0 fully saturated rings. The van der Waals surface area contributed by atoms with Crippen LogP contribution < -0.4 is 4.74 Å². The fourth-order valence-corrected chi connectivity index (χ4v) is 2.46. The second kappa shape index (κ2) is 9.06. The molecule has 0 saturated heterocycles. The molecule has 4 heteroatoms. The van der Waals surface area contributed by atoms with Gasteiger partial charge in [0.15, 0.2) is 0 Å². The molecule has 0 radical (unpaired) electrons. The number of hydrogen-bond acceptors (Lipinski definition) is 3. The molecule has 0 amide bonds. The van der Waals surface area contributed by atoms with E-state index in [-0.39, 0.29) is 11.7 Å². The van der Waals surface area contributed by atoms with Gasteiger partial charge in [-0.3, -0.25) is 0 Å². The zero-order valence-electron chi connectivity index (χ0n) is 13.2. The van der Waals surface area contributed by atoms with E-state index < -0.39 is 0 Å². The van der Waals surface area contributed by atoms with Gasteiger partial charge in [0.25, 0.3) is 0 Å². The molecule has 0 heterocycles. The Bertz CT molecular complexity index is 613. The Morgan fingerprint density at radius 1 is 1.17 bits per heavy atom. The highest BCUT2D eigenvalue weighted by Crippen LogP contribution is 2.29. The number of methoxy groups -OCH3 is 1. The van der Waals surface area contributed by atoms with Gasteiger partial charge < -0.3 is 14.3 Å². The summed E-state index contributed by atoms with van der Waals surface area (Å²) in [6.45, 7) is 1.10. The Labute approximate surface area is 136 Å². The Hall–Kier alpha value is -2.20. The molecule has 0 aliphatic carbocycles. The van der Waals surface area contributed by atoms with Crippen LogP contribution >= 0.6 is 0 Å². The van der Waals surface area contributed by atoms with Crippen LogP contribution in [0, 0.1) is 5.82 Å². The number of rotatable bonds is 9. The van der Waals surface area contributed by atoms with Crippen molar-refractivity contribution in [1.82, 2.24) is 0 Å². The van der Waals surface area contributed by atoms with Crippen LogP contribution in [-0.4, -0.2) is 20.0 Å². The SMILES string of the molecule is COc1ccc(F)cc1C(C=O)CCCOCc1ccccc1. The van der Waals surface area contributed by atoms with Crippen LogP contribution in [-0.2, 0) is 16.1 Å². The summed E-state index contributed by atoms with van der Waals surface area (Å²) in [5.41, 5.74) is 1.71. The first-order valence-electron chi connectivity index (χ1n) is 7.65. The molecule has 1 unspecified atom stereocenters. The van der Waals surface area contributed by atoms with Crippen molar-refractivity contribution in [2.75, 3.05) is 13.7 Å². The van der Waals surface area contributed by atoms with E-state index in [4.69, 9.17) is 9.47 Å². The number of benzene rings is 2. The lowest BCUT2D eigenvalue weighted by atomic mass is 9.95. The fraction of sp³-hybridized carbons (Fsp3) is 0.316. The first-order valence-corrected chi connectivity index (χ1v) is 7.65. The van der Waals surface area contributed by atoms with Crippen molar-refractivity contribution < 1.29 is 18.7 Å². The lowest BCUT2D eigenvalue weighted by Gasteiger charge is -2.15. The van der Waals surface area contributed by atoms with Gasteiger partial charge in [0.1, 0.15) is 17.9 Å². The van der Waals surface area contributed by atoms with Crippen LogP contribution in [0.3, 0.4) is 0 Å². The molecule has 2 aromatic rings. The summed E-state index contributed by atoms with van der Waals surface area (Å²) >= 11 is 0. The van der Waals surface area contributed by atoms with Crippen LogP contribution in [0.25, 0.3) is 0 Å². The maximum Gasteiger partial charge on any atom is 0.127 e. The summed E-state index contributed by atoms with van der Waals surface area (Å²) in [6, 6.07) is 14.2. The molecular weight excluding hydrogens is 295 g/mol. The van der Waals surface area contributed by atoms with Gasteiger partial charge in [0, 0.05) is 18.1 Å². The molecule has 0 aliphatic rings. The van der Waals surface area contributed by atoms with Crippen molar-refractivity contribution in [3.8, 4) is 5.75 Å². The Morgan fingerprint density at radius 3 is 2.65 bits per heavy atom. The van der Waals surface area contributed by atoms with E-state index >= 15 is 0 Å². The second-order valence-corrected chi connectivity index (χ2v) is 5.31. The normalized spacial score (nSPS) is 11.9. The molecule has 122 valence electrons. The topological polar surface area (TPSA) is 35.5 Å². The average molecular weight is 316 g/mol. The molecule has 0 spiro atoms. The minimum Gasteiger partial charge on any atom is -0.496 e. The molecule has 0 aromatic heterocycles. The number of carbonyl (C=O) groups excluding carboxylic acids is 1. The summed E-state index contributed by atoms with van der Waals surface area (Å²) in [5, 5.41) is 0. The second-order valence-electron chi connectivity index (χ2n) is 5.31. The predicted molar refractivity (Wildman–Crippen MR) is 87.1 cm³/mol. The maximum atomic E-state index is 13.4. The fourth-order valence-electron chi connectivity index (χ4n) is 2.46. The van der Waals surface area contributed by atoms with Gasteiger partial charge in [-0.1, -0.05) is 30.3 Å². The standard InChI is InChI=1S/C19H21FO3/c1-22-19-10-9-17(20)12-18(19)16(13-21)8-5-11-23-14-15-6-3-2-4-7-15/h2-4,6-7,9-10,12-13,16H,5,8,11,14H2,1H3. The number of aldehydes is 1. The van der Waals surface area contributed by atoms with Gasteiger partial charge in [0.2, 0.25) is 0 Å². The van der Waals surface area contributed by atoms with E-state index in [1.807, 2.05) is 30.3 Å². The minimum absolute atomic E-state index is 0.368. The largest absolute Gasteiger partial charge is 0.496 e. The monoisotopic (exact) mass is 316 g/mol. The van der Waals surface area contributed by atoms with E-state index in [0.717, 1.165) is 18.3 Å². The number of ether oxygens (including phenoxy) is 2. The van der Waals surface area contributed by atoms with Gasteiger partial charge in [0.05, 0.1) is 13.7 Å². The van der Waals surface area contributed by atoms with E-state index in [9.17, 15) is 9.18 Å². The van der Waals surface area contributed by atoms with Gasteiger partial charge in [-0.15, -0.1) is 0 Å². The third-order valence-electron chi connectivity index (χ3n) is 3.67. The van der Waals surface area contributed by atoms with Gasteiger partial charge in [-0.25, -0.2) is 4.39 Å². The quantitative estimate of drug-likeness (QED) is 0.516. The van der Waals surface area contributed by atoms with E-state index in [1.165, 1.54) is 19.2 Å². The highest BCUT2D eigenvalue weighted by molar-refractivity contribution is 5.64. The zero-order valence-corrected chi connectivity index (χ0v) is 13.2. The molecule has 1 atom stereocenters. The molecule has 0 bridgehead atoms. The number of halogens is 1. The van der Waals surface area contributed by atoms with Crippen molar-refractivity contribution in [3.63, 3.8) is 0 Å². The zero-order chi connectivity index (χ0) is 16.5. The van der Waals surface area contributed by atoms with E-state index in [2.05, 4.69) is 0 Å². The van der Waals surface area contributed by atoms with E-state index in [1.54, 1.807) is 6.07 Å². The van der Waals surface area contributed by atoms with Gasteiger partial charge in [-0.05, 0) is 36.6 Å². The molecule has 2 rings (SSSR count). The highest BCUT2D eigenvalue weighted by atomic mass is 19.1. The number of carbonyl (C=O) groups is 1. The summed E-state index contributed by atoms with van der Waals surface area (Å²) < 4.78 is 24.2. The van der Waals surface area contributed by atoms with Crippen LogP contribution in [0.5, 0.6) is 5.75 Å². The van der Waals surface area contributed by atoms with Crippen LogP contribution in [0.1, 0.15) is 29.9 Å². The molecule has 0 N–H and O–H groups in total. The predicted octanol–water partition coefficient (Wildman–Crippen LogP) is 4.11. The highest BCUT2D eigenvalue weighted by Gasteiger charge is 2.16. The minimum atomic E-state index is -0.388. The molecule has 0 aliphatic heterocycles. The first-order chi connectivity index (χ1) is 11.2. The third-order valence-corrected chi connectivity index (χ3v) is 3.67. The summed E-state index contributed by atoms with van der Waals surface area (Å²) in [4.78, 5) is 11.4. The van der Waals surface area contributed by atoms with Gasteiger partial charge >= 0.3 is 0 Å². The van der Waals surface area contributed by atoms with Crippen LogP contribution in [0.4, 0.5) is 4.39 Å². The lowest BCUT2D eigenvalue weighted by molar-refractivity contribution is -0.109. The summed E-state index contributed by atoms with van der Waals surface area (Å²) in [6.07, 6.45) is 2.16. The average Bonchev–Trinajstić information content (AvgIpc) is 2.59. The first kappa shape index (κ1) is 17.2. The van der Waals surface area contributed by atoms with Crippen molar-refractivity contribution in [2.45, 2.75) is 25.4 Å². The van der Waals surface area contributed by atoms with E-state index in [0.29, 0.717) is 30.9 Å². The van der Waals surface area contributed by atoms with Crippen molar-refractivity contribution in [1.29, 1.82) is 0 Å². The maximum absolute atomic E-state index is 13.4. The third kappa shape index (κ3) is 5.18. The van der Waals surface area contributed by atoms with Crippen molar-refractivity contribution in [3.05, 3.63) is 65.5 Å². The Kier molecular flexibility index (Phi) is 6.76. The lowest BCUT2D eigenvalue weighted by Crippen LogP contribution is -2.06. The summed E-state index contributed by atoms with van der Waals surface area (Å²) in [5.74, 6) is -0.220. The molecule has 3 nitrogen and oxygen atoms in total. The molecule has 0 saturated carbocycles. The molecule has 23 heavy (non-hydrogen) atoms.